The van der Waals surface area contributed by atoms with Gasteiger partial charge in [0.25, 0.3) is 5.91 Å². The first-order valence-corrected chi connectivity index (χ1v) is 8.05. The molecular formula is C17H28N4O. The Hall–Kier alpha value is -1.62. The van der Waals surface area contributed by atoms with Crippen LogP contribution in [0.3, 0.4) is 0 Å². The molecule has 1 aliphatic rings. The average Bonchev–Trinajstić information content (AvgIpc) is 2.53. The van der Waals surface area contributed by atoms with Gasteiger partial charge in [-0.15, -0.1) is 0 Å². The van der Waals surface area contributed by atoms with Crippen molar-refractivity contribution in [3.63, 3.8) is 0 Å². The predicted molar refractivity (Wildman–Crippen MR) is 90.2 cm³/mol. The Morgan fingerprint density at radius 1 is 1.18 bits per heavy atom. The molecule has 0 aromatic carbocycles. The number of nitrogens with zero attached hydrogens (tertiary/aromatic N) is 3. The van der Waals surface area contributed by atoms with E-state index in [0.717, 1.165) is 12.4 Å². The third-order valence-corrected chi connectivity index (χ3v) is 4.71. The normalized spacial score (nSPS) is 17.3. The van der Waals surface area contributed by atoms with Crippen molar-refractivity contribution < 1.29 is 4.79 Å². The van der Waals surface area contributed by atoms with Crippen LogP contribution in [0.5, 0.6) is 0 Å². The van der Waals surface area contributed by atoms with Crippen molar-refractivity contribution in [2.24, 2.45) is 0 Å². The highest BCUT2D eigenvalue weighted by Crippen LogP contribution is 2.32. The van der Waals surface area contributed by atoms with E-state index in [-0.39, 0.29) is 11.4 Å². The first-order valence-electron chi connectivity index (χ1n) is 8.05. The highest BCUT2D eigenvalue weighted by molar-refractivity contribution is 5.92. The van der Waals surface area contributed by atoms with Gasteiger partial charge in [0.15, 0.2) is 0 Å². The number of anilines is 1. The topological polar surface area (TPSA) is 48.5 Å². The lowest BCUT2D eigenvalue weighted by molar-refractivity contribution is 0.0822. The lowest BCUT2D eigenvalue weighted by Crippen LogP contribution is -2.51. The van der Waals surface area contributed by atoms with Crippen LogP contribution in [-0.4, -0.2) is 61.0 Å². The van der Waals surface area contributed by atoms with Crippen LogP contribution in [0.2, 0.25) is 0 Å². The number of carbonyl (C=O) groups is 1. The summed E-state index contributed by atoms with van der Waals surface area (Å²) < 4.78 is 0. The Labute approximate surface area is 133 Å². The molecule has 1 saturated carbocycles. The van der Waals surface area contributed by atoms with Crippen LogP contribution in [0.25, 0.3) is 0 Å². The Morgan fingerprint density at radius 2 is 1.86 bits per heavy atom. The molecular weight excluding hydrogens is 276 g/mol. The van der Waals surface area contributed by atoms with E-state index >= 15 is 0 Å². The van der Waals surface area contributed by atoms with Gasteiger partial charge in [-0.25, -0.2) is 4.98 Å². The molecule has 1 amide bonds. The molecule has 1 fully saturated rings. The lowest BCUT2D eigenvalue weighted by atomic mass is 9.80. The molecule has 1 aliphatic carbocycles. The standard InChI is InChI=1S/C17H28N4O/c1-20(2)16(22)14-9-8-10-15(19-14)18-13-17(21(3)4)11-6-5-7-12-17/h8-10H,5-7,11-13H2,1-4H3,(H,18,19). The molecule has 1 aromatic rings. The number of nitrogens with one attached hydrogen (secondary N) is 1. The Bertz CT molecular complexity index is 507. The Kier molecular flexibility index (Phi) is 5.40. The van der Waals surface area contributed by atoms with Crippen molar-refractivity contribution in [1.82, 2.24) is 14.8 Å². The second kappa shape index (κ2) is 7.09. The van der Waals surface area contributed by atoms with Crippen molar-refractivity contribution >= 4 is 11.7 Å². The number of aromatic nitrogens is 1. The SMILES string of the molecule is CN(C)C(=O)c1cccc(NCC2(N(C)C)CCCCC2)n1. The maximum atomic E-state index is 12.0. The van der Waals surface area contributed by atoms with Crippen LogP contribution in [-0.2, 0) is 0 Å². The predicted octanol–water partition coefficient (Wildman–Crippen LogP) is 2.46. The van der Waals surface area contributed by atoms with Crippen LogP contribution in [0.15, 0.2) is 18.2 Å². The molecule has 5 heteroatoms. The van der Waals surface area contributed by atoms with E-state index in [9.17, 15) is 4.79 Å². The third kappa shape index (κ3) is 3.77. The number of hydrogen-bond acceptors (Lipinski definition) is 4. The van der Waals surface area contributed by atoms with Crippen molar-refractivity contribution in [2.75, 3.05) is 40.1 Å². The van der Waals surface area contributed by atoms with Crippen molar-refractivity contribution in [2.45, 2.75) is 37.6 Å². The summed E-state index contributed by atoms with van der Waals surface area (Å²) >= 11 is 0. The molecule has 22 heavy (non-hydrogen) atoms. The second-order valence-electron chi connectivity index (χ2n) is 6.64. The molecule has 2 rings (SSSR count). The molecule has 1 heterocycles. The molecule has 1 N–H and O–H groups in total. The number of hydrogen-bond donors (Lipinski definition) is 1. The van der Waals surface area contributed by atoms with Gasteiger partial charge in [-0.3, -0.25) is 4.79 Å². The van der Waals surface area contributed by atoms with Crippen LogP contribution in [0.1, 0.15) is 42.6 Å². The number of carbonyl (C=O) groups excluding carboxylic acids is 1. The number of rotatable bonds is 5. The van der Waals surface area contributed by atoms with Crippen LogP contribution in [0, 0.1) is 0 Å². The summed E-state index contributed by atoms with van der Waals surface area (Å²) in [5.41, 5.74) is 0.680. The molecule has 5 nitrogen and oxygen atoms in total. The molecule has 0 aliphatic heterocycles. The summed E-state index contributed by atoms with van der Waals surface area (Å²) in [6.07, 6.45) is 6.33. The van der Waals surface area contributed by atoms with E-state index in [2.05, 4.69) is 29.3 Å². The minimum atomic E-state index is -0.0661. The van der Waals surface area contributed by atoms with Gasteiger partial charge in [0.05, 0.1) is 0 Å². The van der Waals surface area contributed by atoms with Gasteiger partial charge in [-0.05, 0) is 39.1 Å². The Balaban J connectivity index is 2.07. The first kappa shape index (κ1) is 16.7. The molecule has 0 unspecified atom stereocenters. The lowest BCUT2D eigenvalue weighted by Gasteiger charge is -2.43. The number of amides is 1. The molecule has 0 saturated heterocycles. The minimum absolute atomic E-state index is 0.0661. The monoisotopic (exact) mass is 304 g/mol. The van der Waals surface area contributed by atoms with Crippen molar-refractivity contribution in [3.8, 4) is 0 Å². The fourth-order valence-electron chi connectivity index (χ4n) is 3.13. The van der Waals surface area contributed by atoms with Gasteiger partial charge in [-0.1, -0.05) is 25.3 Å². The number of likely N-dealkylation sites (N-methyl/N-ethyl adjacent to an activating group) is 1. The van der Waals surface area contributed by atoms with Crippen molar-refractivity contribution in [3.05, 3.63) is 23.9 Å². The van der Waals surface area contributed by atoms with Gasteiger partial charge >= 0.3 is 0 Å². The van der Waals surface area contributed by atoms with E-state index in [0.29, 0.717) is 5.69 Å². The zero-order valence-corrected chi connectivity index (χ0v) is 14.2. The zero-order chi connectivity index (χ0) is 16.2. The van der Waals surface area contributed by atoms with Crippen molar-refractivity contribution in [1.29, 1.82) is 0 Å². The summed E-state index contributed by atoms with van der Waals surface area (Å²) in [6.45, 7) is 0.868. The molecule has 0 radical (unpaired) electrons. The van der Waals surface area contributed by atoms with E-state index in [4.69, 9.17) is 0 Å². The smallest absolute Gasteiger partial charge is 0.272 e. The highest BCUT2D eigenvalue weighted by Gasteiger charge is 2.33. The van der Waals surface area contributed by atoms with Crippen LogP contribution < -0.4 is 5.32 Å². The maximum Gasteiger partial charge on any atom is 0.272 e. The molecule has 0 spiro atoms. The van der Waals surface area contributed by atoms with Gasteiger partial charge in [0.2, 0.25) is 0 Å². The largest absolute Gasteiger partial charge is 0.368 e. The summed E-state index contributed by atoms with van der Waals surface area (Å²) in [7, 11) is 7.80. The number of pyridine rings is 1. The van der Waals surface area contributed by atoms with E-state index in [1.54, 1.807) is 25.1 Å². The molecule has 0 bridgehead atoms. The quantitative estimate of drug-likeness (QED) is 0.908. The van der Waals surface area contributed by atoms with Crippen LogP contribution in [0.4, 0.5) is 5.82 Å². The van der Waals surface area contributed by atoms with Gasteiger partial charge in [0, 0.05) is 26.2 Å². The van der Waals surface area contributed by atoms with E-state index in [1.807, 2.05) is 12.1 Å². The van der Waals surface area contributed by atoms with Crippen LogP contribution >= 0.6 is 0 Å². The first-order chi connectivity index (χ1) is 10.4. The molecule has 0 atom stereocenters. The highest BCUT2D eigenvalue weighted by atomic mass is 16.2. The fourth-order valence-corrected chi connectivity index (χ4v) is 3.13. The summed E-state index contributed by atoms with van der Waals surface area (Å²) in [4.78, 5) is 20.3. The summed E-state index contributed by atoms with van der Waals surface area (Å²) in [6, 6.07) is 5.57. The molecule has 122 valence electrons. The summed E-state index contributed by atoms with van der Waals surface area (Å²) in [5.74, 6) is 0.711. The fraction of sp³-hybridized carbons (Fsp3) is 0.647. The van der Waals surface area contributed by atoms with E-state index < -0.39 is 0 Å². The summed E-state index contributed by atoms with van der Waals surface area (Å²) in [5, 5.41) is 3.45. The van der Waals surface area contributed by atoms with Gasteiger partial charge in [-0.2, -0.15) is 0 Å². The zero-order valence-electron chi connectivity index (χ0n) is 14.2. The van der Waals surface area contributed by atoms with E-state index in [1.165, 1.54) is 32.1 Å². The third-order valence-electron chi connectivity index (χ3n) is 4.71. The van der Waals surface area contributed by atoms with Gasteiger partial charge < -0.3 is 15.1 Å². The second-order valence-corrected chi connectivity index (χ2v) is 6.64. The molecule has 1 aromatic heterocycles. The Morgan fingerprint density at radius 3 is 2.45 bits per heavy atom. The van der Waals surface area contributed by atoms with Gasteiger partial charge in [0.1, 0.15) is 11.5 Å². The maximum absolute atomic E-state index is 12.0. The minimum Gasteiger partial charge on any atom is -0.368 e. The average molecular weight is 304 g/mol.